The fraction of sp³-hybridized carbons (Fsp3) is 0.308. The van der Waals surface area contributed by atoms with E-state index < -0.39 is 23.8 Å². The number of amides is 1. The summed E-state index contributed by atoms with van der Waals surface area (Å²) in [7, 11) is 0. The van der Waals surface area contributed by atoms with Gasteiger partial charge in [0.1, 0.15) is 27.4 Å². The van der Waals surface area contributed by atoms with E-state index >= 15 is 0 Å². The van der Waals surface area contributed by atoms with Gasteiger partial charge in [-0.1, -0.05) is 6.07 Å². The van der Waals surface area contributed by atoms with E-state index in [1.807, 2.05) is 12.1 Å². The highest BCUT2D eigenvalue weighted by atomic mass is 32.1. The van der Waals surface area contributed by atoms with E-state index in [0.29, 0.717) is 37.4 Å². The van der Waals surface area contributed by atoms with Crippen molar-refractivity contribution in [3.8, 4) is 11.1 Å². The standard InChI is InChI=1S/C26H27F3N8O2S/c27-26(28,29)16-9-20(36-25-21(16)22(31)23(40-25)24(32)39)37-7-5-15(6-8-37)33-12-18(38)17-3-1-13(10-34-17)14-2-4-19(30)35-11-14/h1-4,9-11,15,18,33,38H,5-8,12,31H2,(H2,30,35)(H2,32,39). The summed E-state index contributed by atoms with van der Waals surface area (Å²) >= 11 is 0.759. The molecule has 0 saturated carbocycles. The Morgan fingerprint density at radius 2 is 1.80 bits per heavy atom. The molecule has 1 amide bonds. The smallest absolute Gasteiger partial charge is 0.397 e. The first-order chi connectivity index (χ1) is 19.0. The van der Waals surface area contributed by atoms with E-state index in [0.717, 1.165) is 28.5 Å². The number of hydrogen-bond donors (Lipinski definition) is 5. The number of alkyl halides is 3. The van der Waals surface area contributed by atoms with Crippen LogP contribution in [-0.2, 0) is 6.18 Å². The van der Waals surface area contributed by atoms with Gasteiger partial charge in [-0.2, -0.15) is 13.2 Å². The molecule has 14 heteroatoms. The number of hydrogen-bond acceptors (Lipinski definition) is 10. The Bertz CT molecular complexity index is 1520. The third kappa shape index (κ3) is 5.64. The van der Waals surface area contributed by atoms with Crippen molar-refractivity contribution in [2.75, 3.05) is 36.0 Å². The van der Waals surface area contributed by atoms with Crippen LogP contribution in [-0.4, -0.2) is 51.6 Å². The molecular weight excluding hydrogens is 545 g/mol. The second kappa shape index (κ2) is 10.9. The van der Waals surface area contributed by atoms with Gasteiger partial charge >= 0.3 is 6.18 Å². The van der Waals surface area contributed by atoms with Crippen LogP contribution in [0.2, 0.25) is 0 Å². The summed E-state index contributed by atoms with van der Waals surface area (Å²) in [5.74, 6) is -0.304. The monoisotopic (exact) mass is 572 g/mol. The second-order valence-electron chi connectivity index (χ2n) is 9.54. The van der Waals surface area contributed by atoms with Crippen LogP contribution in [0.15, 0.2) is 42.7 Å². The van der Waals surface area contributed by atoms with Crippen molar-refractivity contribution in [2.24, 2.45) is 5.73 Å². The fourth-order valence-electron chi connectivity index (χ4n) is 4.72. The maximum absolute atomic E-state index is 13.9. The minimum absolute atomic E-state index is 0.0191. The lowest BCUT2D eigenvalue weighted by atomic mass is 10.0. The second-order valence-corrected chi connectivity index (χ2v) is 10.5. The number of anilines is 3. The zero-order chi connectivity index (χ0) is 28.6. The van der Waals surface area contributed by atoms with Crippen molar-refractivity contribution in [1.29, 1.82) is 0 Å². The maximum atomic E-state index is 13.9. The highest BCUT2D eigenvalue weighted by Gasteiger charge is 2.37. The largest absolute Gasteiger partial charge is 0.417 e. The molecule has 1 fully saturated rings. The number of aromatic nitrogens is 3. The van der Waals surface area contributed by atoms with E-state index in [2.05, 4.69) is 20.3 Å². The maximum Gasteiger partial charge on any atom is 0.417 e. The lowest BCUT2D eigenvalue weighted by molar-refractivity contribution is -0.136. The van der Waals surface area contributed by atoms with E-state index in [4.69, 9.17) is 17.2 Å². The summed E-state index contributed by atoms with van der Waals surface area (Å²) < 4.78 is 41.7. The first kappa shape index (κ1) is 27.6. The summed E-state index contributed by atoms with van der Waals surface area (Å²) in [5, 5.41) is 13.7. The third-order valence-corrected chi connectivity index (χ3v) is 7.99. The molecule has 1 aliphatic heterocycles. The van der Waals surface area contributed by atoms with Crippen molar-refractivity contribution in [2.45, 2.75) is 31.2 Å². The van der Waals surface area contributed by atoms with Crippen LogP contribution < -0.4 is 27.4 Å². The third-order valence-electron chi connectivity index (χ3n) is 6.88. The highest BCUT2D eigenvalue weighted by Crippen LogP contribution is 2.43. The van der Waals surface area contributed by atoms with Gasteiger partial charge in [0.15, 0.2) is 0 Å². The van der Waals surface area contributed by atoms with E-state index in [1.54, 1.807) is 29.4 Å². The van der Waals surface area contributed by atoms with E-state index in [9.17, 15) is 23.1 Å². The summed E-state index contributed by atoms with van der Waals surface area (Å²) in [4.78, 5) is 26.1. The lowest BCUT2D eigenvalue weighted by Gasteiger charge is -2.34. The van der Waals surface area contributed by atoms with E-state index in [1.165, 1.54) is 0 Å². The molecule has 5 heterocycles. The number of nitrogens with zero attached hydrogens (tertiary/aromatic N) is 4. The molecule has 1 atom stereocenters. The van der Waals surface area contributed by atoms with Crippen LogP contribution in [0.25, 0.3) is 21.3 Å². The van der Waals surface area contributed by atoms with Gasteiger partial charge in [-0.25, -0.2) is 9.97 Å². The van der Waals surface area contributed by atoms with Gasteiger partial charge in [0, 0.05) is 54.6 Å². The van der Waals surface area contributed by atoms with Gasteiger partial charge < -0.3 is 32.5 Å². The Morgan fingerprint density at radius 3 is 2.38 bits per heavy atom. The summed E-state index contributed by atoms with van der Waals surface area (Å²) in [6.07, 6.45) is -0.945. The van der Waals surface area contributed by atoms with Gasteiger partial charge in [-0.3, -0.25) is 9.78 Å². The molecule has 0 aliphatic carbocycles. The molecule has 4 aromatic heterocycles. The van der Waals surface area contributed by atoms with Crippen LogP contribution in [0.5, 0.6) is 0 Å². The lowest BCUT2D eigenvalue weighted by Crippen LogP contribution is -2.44. The minimum atomic E-state index is -4.69. The molecule has 40 heavy (non-hydrogen) atoms. The molecule has 4 aromatic rings. The molecular formula is C26H27F3N8O2S. The Kier molecular flexibility index (Phi) is 7.49. The zero-order valence-electron chi connectivity index (χ0n) is 21.2. The van der Waals surface area contributed by atoms with Crippen molar-refractivity contribution in [3.63, 3.8) is 0 Å². The van der Waals surface area contributed by atoms with Crippen molar-refractivity contribution in [1.82, 2.24) is 20.3 Å². The van der Waals surface area contributed by atoms with Gasteiger partial charge in [-0.15, -0.1) is 11.3 Å². The molecule has 1 aliphatic rings. The Morgan fingerprint density at radius 1 is 1.12 bits per heavy atom. The number of pyridine rings is 3. The molecule has 0 aromatic carbocycles. The number of carbonyl (C=O) groups excluding carboxylic acids is 1. The summed E-state index contributed by atoms with van der Waals surface area (Å²) in [6, 6.07) is 8.18. The number of nitrogens with one attached hydrogen (secondary N) is 1. The number of piperidine rings is 1. The van der Waals surface area contributed by atoms with E-state index in [-0.39, 0.29) is 39.2 Å². The Hall–Kier alpha value is -4.01. The number of aliphatic hydroxyl groups is 1. The zero-order valence-corrected chi connectivity index (χ0v) is 22.0. The first-order valence-corrected chi connectivity index (χ1v) is 13.3. The summed E-state index contributed by atoms with van der Waals surface area (Å²) in [6.45, 7) is 1.18. The molecule has 8 N–H and O–H groups in total. The van der Waals surface area contributed by atoms with Crippen molar-refractivity contribution >= 4 is 44.8 Å². The molecule has 1 unspecified atom stereocenters. The predicted molar refractivity (Wildman–Crippen MR) is 148 cm³/mol. The van der Waals surface area contributed by atoms with Crippen LogP contribution >= 0.6 is 11.3 Å². The highest BCUT2D eigenvalue weighted by molar-refractivity contribution is 7.21. The van der Waals surface area contributed by atoms with Crippen LogP contribution in [0.3, 0.4) is 0 Å². The predicted octanol–water partition coefficient (Wildman–Crippen LogP) is 3.33. The summed E-state index contributed by atoms with van der Waals surface area (Å²) in [5.41, 5.74) is 17.7. The average Bonchev–Trinajstić information content (AvgIpc) is 3.28. The normalized spacial score (nSPS) is 15.4. The number of aliphatic hydroxyl groups excluding tert-OH is 1. The first-order valence-electron chi connectivity index (χ1n) is 12.5. The SMILES string of the molecule is NC(=O)c1sc2nc(N3CCC(NCC(O)c4ccc(-c5ccc(N)nc5)cn4)CC3)cc(C(F)(F)F)c2c1N. The van der Waals surface area contributed by atoms with Gasteiger partial charge in [0.05, 0.1) is 16.9 Å². The van der Waals surface area contributed by atoms with Gasteiger partial charge in [0.2, 0.25) is 0 Å². The topological polar surface area (TPSA) is 169 Å². The van der Waals surface area contributed by atoms with Gasteiger partial charge in [0.25, 0.3) is 5.91 Å². The van der Waals surface area contributed by atoms with Crippen LogP contribution in [0.4, 0.5) is 30.5 Å². The number of rotatable bonds is 7. The molecule has 10 nitrogen and oxygen atoms in total. The van der Waals surface area contributed by atoms with Crippen molar-refractivity contribution < 1.29 is 23.1 Å². The quantitative estimate of drug-likeness (QED) is 0.223. The molecule has 0 spiro atoms. The molecule has 1 saturated heterocycles. The fourth-order valence-corrected chi connectivity index (χ4v) is 5.69. The van der Waals surface area contributed by atoms with Crippen LogP contribution in [0, 0.1) is 0 Å². The molecule has 0 radical (unpaired) electrons. The number of nitrogens with two attached hydrogens (primary N) is 3. The molecule has 5 rings (SSSR count). The Labute approximate surface area is 231 Å². The van der Waals surface area contributed by atoms with Gasteiger partial charge in [-0.05, 0) is 37.1 Å². The number of carbonyl (C=O) groups is 1. The van der Waals surface area contributed by atoms with Crippen LogP contribution in [0.1, 0.15) is 39.9 Å². The molecule has 0 bridgehead atoms. The molecule has 210 valence electrons. The number of primary amides is 1. The number of halogens is 3. The Balaban J connectivity index is 1.21. The van der Waals surface area contributed by atoms with Crippen molar-refractivity contribution in [3.05, 3.63) is 58.9 Å². The number of thiophene rings is 1. The number of fused-ring (bicyclic) bond motifs is 1. The number of nitrogen functional groups attached to an aromatic ring is 2. The minimum Gasteiger partial charge on any atom is -0.397 e. The average molecular weight is 573 g/mol.